The monoisotopic (exact) mass is 574 g/mol. The van der Waals surface area contributed by atoms with Crippen LogP contribution in [0.4, 0.5) is 13.2 Å². The Morgan fingerprint density at radius 2 is 1.82 bits per heavy atom. The minimum Gasteiger partial charge on any atom is -0.292 e. The quantitative estimate of drug-likeness (QED) is 0.260. The van der Waals surface area contributed by atoms with Crippen molar-refractivity contribution in [3.63, 3.8) is 0 Å². The number of alkyl halides is 3. The largest absolute Gasteiger partial charge is 0.401 e. The molecule has 12 heteroatoms. The molecule has 1 aromatic carbocycles. The van der Waals surface area contributed by atoms with Gasteiger partial charge in [-0.2, -0.15) is 13.2 Å². The maximum atomic E-state index is 13.5. The van der Waals surface area contributed by atoms with E-state index in [0.29, 0.717) is 42.3 Å². The van der Waals surface area contributed by atoms with Gasteiger partial charge in [0.2, 0.25) is 0 Å². The summed E-state index contributed by atoms with van der Waals surface area (Å²) in [5.41, 5.74) is 2.23. The van der Waals surface area contributed by atoms with Crippen LogP contribution in [-0.4, -0.2) is 62.2 Å². The van der Waals surface area contributed by atoms with Gasteiger partial charge in [-0.05, 0) is 62.8 Å². The fourth-order valence-corrected chi connectivity index (χ4v) is 7.54. The smallest absolute Gasteiger partial charge is 0.292 e. The highest BCUT2D eigenvalue weighted by Gasteiger charge is 2.43. The Morgan fingerprint density at radius 1 is 1.07 bits per heavy atom. The highest BCUT2D eigenvalue weighted by Crippen LogP contribution is 2.44. The van der Waals surface area contributed by atoms with Crippen molar-refractivity contribution in [3.8, 4) is 0 Å². The van der Waals surface area contributed by atoms with Crippen LogP contribution >= 0.6 is 0 Å². The average molecular weight is 575 g/mol. The van der Waals surface area contributed by atoms with E-state index in [1.54, 1.807) is 35.2 Å². The normalized spacial score (nSPS) is 22.2. The molecule has 40 heavy (non-hydrogen) atoms. The van der Waals surface area contributed by atoms with Crippen molar-refractivity contribution < 1.29 is 21.6 Å². The highest BCUT2D eigenvalue weighted by atomic mass is 32.2. The predicted octanol–water partition coefficient (Wildman–Crippen LogP) is 5.56. The fourth-order valence-electron chi connectivity index (χ4n) is 6.25. The van der Waals surface area contributed by atoms with E-state index in [2.05, 4.69) is 22.1 Å². The molecule has 3 atom stereocenters. The number of fused-ring (bicyclic) bond motifs is 3. The molecule has 0 N–H and O–H groups in total. The molecule has 2 saturated carbocycles. The van der Waals surface area contributed by atoms with Crippen molar-refractivity contribution in [1.82, 2.24) is 28.5 Å². The molecule has 0 amide bonds. The molecule has 2 aliphatic carbocycles. The van der Waals surface area contributed by atoms with E-state index in [1.165, 1.54) is 12.4 Å². The lowest BCUT2D eigenvalue weighted by atomic mass is 9.93. The summed E-state index contributed by atoms with van der Waals surface area (Å²) in [4.78, 5) is 6.20. The Hall–Kier alpha value is -2.99. The van der Waals surface area contributed by atoms with Gasteiger partial charge < -0.3 is 0 Å². The van der Waals surface area contributed by atoms with Gasteiger partial charge in [-0.1, -0.05) is 43.9 Å². The summed E-state index contributed by atoms with van der Waals surface area (Å²) in [6.07, 6.45) is 3.76. The second-order valence-corrected chi connectivity index (χ2v) is 13.2. The van der Waals surface area contributed by atoms with E-state index in [9.17, 15) is 21.6 Å². The van der Waals surface area contributed by atoms with Crippen LogP contribution in [0.25, 0.3) is 16.8 Å². The van der Waals surface area contributed by atoms with E-state index < -0.39 is 22.7 Å². The number of halogens is 3. The zero-order valence-electron chi connectivity index (χ0n) is 22.5. The molecule has 3 heterocycles. The molecule has 0 spiro atoms. The summed E-state index contributed by atoms with van der Waals surface area (Å²) < 4.78 is 70.6. The molecule has 0 unspecified atom stereocenters. The van der Waals surface area contributed by atoms with Crippen molar-refractivity contribution in [2.45, 2.75) is 75.4 Å². The molecule has 0 bridgehead atoms. The number of nitrogens with zero attached hydrogens (tertiary/aromatic N) is 6. The van der Waals surface area contributed by atoms with Crippen LogP contribution in [0.15, 0.2) is 47.6 Å². The van der Waals surface area contributed by atoms with E-state index in [0.717, 1.165) is 35.2 Å². The van der Waals surface area contributed by atoms with Crippen LogP contribution in [0, 0.1) is 18.8 Å². The van der Waals surface area contributed by atoms with E-state index in [4.69, 9.17) is 0 Å². The van der Waals surface area contributed by atoms with Gasteiger partial charge in [-0.25, -0.2) is 17.4 Å². The average Bonchev–Trinajstić information content (AvgIpc) is 3.28. The van der Waals surface area contributed by atoms with E-state index >= 15 is 0 Å². The molecule has 8 nitrogen and oxygen atoms in total. The molecule has 4 aromatic rings. The Balaban J connectivity index is 1.36. The number of hydrogen-bond donors (Lipinski definition) is 0. The first-order chi connectivity index (χ1) is 19.0. The van der Waals surface area contributed by atoms with Gasteiger partial charge in [0.15, 0.2) is 11.3 Å². The molecule has 214 valence electrons. The highest BCUT2D eigenvalue weighted by molar-refractivity contribution is 7.90. The van der Waals surface area contributed by atoms with Crippen LogP contribution < -0.4 is 0 Å². The summed E-state index contributed by atoms with van der Waals surface area (Å²) in [5, 5.41) is 8.81. The molecule has 2 fully saturated rings. The summed E-state index contributed by atoms with van der Waals surface area (Å²) in [5.74, 6) is 1.23. The standard InChI is InChI=1S/C28H33F3N6O2S/c1-3-20-14-21(35(17-28(29,30)31)12-10-19-6-7-19)15-23(20)26-34-33-25-16-32-27-24(37(25)26)11-13-36(27)40(38,39)22-8-4-18(2)5-9-22/h4-5,8-9,11,13,16,19-21,23H,3,6-7,10,12,14-15,17H2,1-2H3/t20-,21+,23+/m1/s1. The second-order valence-electron chi connectivity index (χ2n) is 11.4. The Bertz CT molecular complexity index is 1630. The summed E-state index contributed by atoms with van der Waals surface area (Å²) in [6.45, 7) is 3.50. The maximum absolute atomic E-state index is 13.5. The van der Waals surface area contributed by atoms with E-state index in [1.807, 2.05) is 11.3 Å². The minimum absolute atomic E-state index is 0.107. The number of rotatable bonds is 9. The summed E-state index contributed by atoms with van der Waals surface area (Å²) >= 11 is 0. The first kappa shape index (κ1) is 27.2. The minimum atomic E-state index is -4.26. The molecule has 2 aliphatic rings. The second kappa shape index (κ2) is 10.1. The Labute approximate surface area is 231 Å². The molecule has 0 saturated heterocycles. The Morgan fingerprint density at radius 3 is 2.50 bits per heavy atom. The maximum Gasteiger partial charge on any atom is 0.401 e. The lowest BCUT2D eigenvalue weighted by Gasteiger charge is -2.30. The third kappa shape index (κ3) is 5.11. The fraction of sp³-hybridized carbons (Fsp3) is 0.536. The van der Waals surface area contributed by atoms with Gasteiger partial charge in [0.25, 0.3) is 10.0 Å². The van der Waals surface area contributed by atoms with Crippen molar-refractivity contribution >= 4 is 26.8 Å². The lowest BCUT2D eigenvalue weighted by molar-refractivity contribution is -0.151. The molecule has 0 aliphatic heterocycles. The Kier molecular flexibility index (Phi) is 6.89. The molecule has 3 aromatic heterocycles. The topological polar surface area (TPSA) is 85.4 Å². The van der Waals surface area contributed by atoms with Crippen LogP contribution in [-0.2, 0) is 10.0 Å². The summed E-state index contributed by atoms with van der Waals surface area (Å²) in [6, 6.07) is 8.12. The van der Waals surface area contributed by atoms with Crippen LogP contribution in [0.5, 0.6) is 0 Å². The molecule has 0 radical (unpaired) electrons. The molecular weight excluding hydrogens is 541 g/mol. The summed E-state index contributed by atoms with van der Waals surface area (Å²) in [7, 11) is -3.90. The van der Waals surface area contributed by atoms with Gasteiger partial charge in [-0.15, -0.1) is 10.2 Å². The third-order valence-electron chi connectivity index (χ3n) is 8.59. The van der Waals surface area contributed by atoms with Crippen molar-refractivity contribution in [2.24, 2.45) is 11.8 Å². The number of benzene rings is 1. The van der Waals surface area contributed by atoms with Crippen LogP contribution in [0.1, 0.15) is 62.8 Å². The van der Waals surface area contributed by atoms with E-state index in [-0.39, 0.29) is 28.4 Å². The third-order valence-corrected chi connectivity index (χ3v) is 10.3. The van der Waals surface area contributed by atoms with Crippen molar-refractivity contribution in [3.05, 3.63) is 54.1 Å². The lowest BCUT2D eigenvalue weighted by Crippen LogP contribution is -2.41. The number of aryl methyl sites for hydroxylation is 1. The molecular formula is C28H33F3N6O2S. The zero-order chi connectivity index (χ0) is 28.2. The first-order valence-corrected chi connectivity index (χ1v) is 15.3. The zero-order valence-corrected chi connectivity index (χ0v) is 23.4. The van der Waals surface area contributed by atoms with Gasteiger partial charge in [0.05, 0.1) is 23.2 Å². The van der Waals surface area contributed by atoms with Crippen molar-refractivity contribution in [2.75, 3.05) is 13.1 Å². The van der Waals surface area contributed by atoms with Crippen molar-refractivity contribution in [1.29, 1.82) is 0 Å². The van der Waals surface area contributed by atoms with Gasteiger partial charge in [0, 0.05) is 18.2 Å². The van der Waals surface area contributed by atoms with Crippen LogP contribution in [0.3, 0.4) is 0 Å². The SMILES string of the molecule is CC[C@@H]1C[C@H](N(CCC2CC2)CC(F)(F)F)C[C@@H]1c1nnc2cnc3c(ccn3S(=O)(=O)c3ccc(C)cc3)n12. The molecule has 6 rings (SSSR count). The van der Waals surface area contributed by atoms with Gasteiger partial charge in [-0.3, -0.25) is 9.30 Å². The van der Waals surface area contributed by atoms with Crippen LogP contribution in [0.2, 0.25) is 0 Å². The first-order valence-electron chi connectivity index (χ1n) is 13.9. The number of aromatic nitrogens is 5. The predicted molar refractivity (Wildman–Crippen MR) is 145 cm³/mol. The van der Waals surface area contributed by atoms with Gasteiger partial charge >= 0.3 is 6.18 Å². The van der Waals surface area contributed by atoms with Gasteiger partial charge in [0.1, 0.15) is 5.82 Å². The number of hydrogen-bond acceptors (Lipinski definition) is 6.